The molecule has 3 N–H and O–H groups in total. The number of nitrogens with one attached hydrogen (secondary N) is 1. The van der Waals surface area contributed by atoms with Crippen LogP contribution in [0.4, 0.5) is 11.4 Å². The van der Waals surface area contributed by atoms with Crippen molar-refractivity contribution in [3.05, 3.63) is 48.5 Å². The van der Waals surface area contributed by atoms with Crippen LogP contribution in [-0.4, -0.2) is 33.2 Å². The maximum Gasteiger partial charge on any atom is 0.243 e. The van der Waals surface area contributed by atoms with Gasteiger partial charge in [0, 0.05) is 22.9 Å². The first-order valence-electron chi connectivity index (χ1n) is 7.33. The average Bonchev–Trinajstić information content (AvgIpc) is 2.54. The molecule has 8 heteroatoms. The number of carbonyl (C=O) groups is 1. The van der Waals surface area contributed by atoms with Gasteiger partial charge in [-0.1, -0.05) is 18.2 Å². The molecule has 2 aromatic rings. The molecule has 0 fully saturated rings. The largest absolute Gasteiger partial charge is 0.360 e. The van der Waals surface area contributed by atoms with E-state index in [1.807, 2.05) is 29.2 Å². The Morgan fingerprint density at radius 3 is 2.79 bits per heavy atom. The van der Waals surface area contributed by atoms with E-state index in [-0.39, 0.29) is 17.3 Å². The maximum atomic E-state index is 12.3. The van der Waals surface area contributed by atoms with Gasteiger partial charge >= 0.3 is 0 Å². The van der Waals surface area contributed by atoms with E-state index in [0.29, 0.717) is 5.69 Å². The van der Waals surface area contributed by atoms with E-state index < -0.39 is 10.0 Å². The first kappa shape index (κ1) is 16.8. The van der Waals surface area contributed by atoms with Crippen LogP contribution in [-0.2, 0) is 14.8 Å². The van der Waals surface area contributed by atoms with Crippen molar-refractivity contribution in [3.8, 4) is 0 Å². The number of fused-ring (bicyclic) bond motifs is 1. The van der Waals surface area contributed by atoms with E-state index >= 15 is 0 Å². The van der Waals surface area contributed by atoms with Gasteiger partial charge in [0.15, 0.2) is 0 Å². The zero-order valence-electron chi connectivity index (χ0n) is 12.8. The van der Waals surface area contributed by atoms with Crippen LogP contribution in [0.25, 0.3) is 0 Å². The number of nitrogens with two attached hydrogens (primary N) is 1. The normalized spacial score (nSPS) is 14.1. The third kappa shape index (κ3) is 3.89. The molecule has 6 nitrogen and oxygen atoms in total. The highest BCUT2D eigenvalue weighted by Gasteiger charge is 2.19. The molecule has 1 heterocycles. The molecular weight excluding hydrogens is 346 g/mol. The van der Waals surface area contributed by atoms with Crippen LogP contribution in [0.5, 0.6) is 0 Å². The fourth-order valence-corrected chi connectivity index (χ4v) is 4.13. The van der Waals surface area contributed by atoms with Crippen LogP contribution < -0.4 is 15.4 Å². The minimum atomic E-state index is -3.79. The Morgan fingerprint density at radius 2 is 2.00 bits per heavy atom. The summed E-state index contributed by atoms with van der Waals surface area (Å²) in [6, 6.07) is 13.9. The van der Waals surface area contributed by atoms with Crippen molar-refractivity contribution in [1.29, 1.82) is 0 Å². The Bertz CT molecular complexity index is 868. The van der Waals surface area contributed by atoms with Crippen molar-refractivity contribution in [1.82, 2.24) is 0 Å². The molecule has 1 amide bonds. The van der Waals surface area contributed by atoms with E-state index in [9.17, 15) is 13.2 Å². The number of thioether (sulfide) groups is 1. The number of rotatable bonds is 4. The topological polar surface area (TPSA) is 92.5 Å². The maximum absolute atomic E-state index is 12.3. The van der Waals surface area contributed by atoms with Gasteiger partial charge in [-0.2, -0.15) is 0 Å². The lowest BCUT2D eigenvalue weighted by Gasteiger charge is -2.30. The molecule has 3 rings (SSSR count). The van der Waals surface area contributed by atoms with Crippen LogP contribution in [0.2, 0.25) is 0 Å². The molecule has 0 saturated carbocycles. The van der Waals surface area contributed by atoms with Gasteiger partial charge in [0.1, 0.15) is 0 Å². The summed E-state index contributed by atoms with van der Waals surface area (Å²) in [5.41, 5.74) is 1.45. The van der Waals surface area contributed by atoms with Crippen molar-refractivity contribution >= 4 is 39.1 Å². The average molecular weight is 363 g/mol. The second-order valence-corrected chi connectivity index (χ2v) is 8.06. The molecule has 1 aliphatic rings. The van der Waals surface area contributed by atoms with E-state index in [1.54, 1.807) is 23.9 Å². The number of para-hydroxylation sites is 1. The molecule has 0 aliphatic carbocycles. The summed E-state index contributed by atoms with van der Waals surface area (Å²) in [5.74, 6) is 0.717. The molecule has 0 atom stereocenters. The van der Waals surface area contributed by atoms with Crippen molar-refractivity contribution in [2.45, 2.75) is 9.79 Å². The Hall–Kier alpha value is -2.03. The first-order chi connectivity index (χ1) is 11.4. The van der Waals surface area contributed by atoms with Crippen LogP contribution >= 0.6 is 11.8 Å². The summed E-state index contributed by atoms with van der Waals surface area (Å²) in [5, 5.41) is 7.83. The van der Waals surface area contributed by atoms with Crippen LogP contribution in [0.1, 0.15) is 0 Å². The van der Waals surface area contributed by atoms with E-state index in [4.69, 9.17) is 5.14 Å². The predicted octanol–water partition coefficient (Wildman–Crippen LogP) is 1.88. The zero-order chi connectivity index (χ0) is 17.2. The van der Waals surface area contributed by atoms with E-state index in [1.165, 1.54) is 12.1 Å². The summed E-state index contributed by atoms with van der Waals surface area (Å²) < 4.78 is 22.8. The fraction of sp³-hybridized carbons (Fsp3) is 0.188. The minimum Gasteiger partial charge on any atom is -0.360 e. The summed E-state index contributed by atoms with van der Waals surface area (Å²) in [6.45, 7) is 0.990. The van der Waals surface area contributed by atoms with E-state index in [2.05, 4.69) is 5.32 Å². The molecule has 0 unspecified atom stereocenters. The van der Waals surface area contributed by atoms with Crippen LogP contribution in [0, 0.1) is 0 Å². The molecule has 0 bridgehead atoms. The van der Waals surface area contributed by atoms with E-state index in [0.717, 1.165) is 22.9 Å². The summed E-state index contributed by atoms with van der Waals surface area (Å²) in [7, 11) is -3.79. The number of amides is 1. The smallest absolute Gasteiger partial charge is 0.243 e. The summed E-state index contributed by atoms with van der Waals surface area (Å²) >= 11 is 1.77. The third-order valence-electron chi connectivity index (χ3n) is 3.61. The highest BCUT2D eigenvalue weighted by molar-refractivity contribution is 7.99. The van der Waals surface area contributed by atoms with Crippen LogP contribution in [0.3, 0.4) is 0 Å². The number of hydrogen-bond donors (Lipinski definition) is 2. The predicted molar refractivity (Wildman–Crippen MR) is 95.8 cm³/mol. The molecule has 0 radical (unpaired) electrons. The Balaban J connectivity index is 1.71. The monoisotopic (exact) mass is 363 g/mol. The number of benzene rings is 2. The third-order valence-corrected chi connectivity index (χ3v) is 5.56. The van der Waals surface area contributed by atoms with Gasteiger partial charge in [0.25, 0.3) is 0 Å². The number of primary sulfonamides is 1. The minimum absolute atomic E-state index is 0.0278. The molecule has 24 heavy (non-hydrogen) atoms. The Kier molecular flexibility index (Phi) is 4.79. The lowest BCUT2D eigenvalue weighted by atomic mass is 10.2. The number of nitrogens with zero attached hydrogens (tertiary/aromatic N) is 1. The number of anilines is 2. The molecule has 126 valence electrons. The lowest BCUT2D eigenvalue weighted by molar-refractivity contribution is -0.115. The molecular formula is C16H17N3O3S2. The second kappa shape index (κ2) is 6.84. The van der Waals surface area contributed by atoms with Crippen molar-refractivity contribution in [2.75, 3.05) is 29.1 Å². The van der Waals surface area contributed by atoms with Gasteiger partial charge in [-0.15, -0.1) is 11.8 Å². The van der Waals surface area contributed by atoms with Gasteiger partial charge in [-0.25, -0.2) is 13.6 Å². The Labute approximate surface area is 145 Å². The molecule has 1 aliphatic heterocycles. The highest BCUT2D eigenvalue weighted by Crippen LogP contribution is 2.34. The van der Waals surface area contributed by atoms with Gasteiger partial charge in [0.2, 0.25) is 15.9 Å². The number of hydrogen-bond acceptors (Lipinski definition) is 5. The number of carbonyl (C=O) groups excluding carboxylic acids is 1. The second-order valence-electron chi connectivity index (χ2n) is 5.36. The number of sulfonamides is 1. The van der Waals surface area contributed by atoms with Crippen molar-refractivity contribution in [3.63, 3.8) is 0 Å². The van der Waals surface area contributed by atoms with Gasteiger partial charge < -0.3 is 10.2 Å². The molecule has 0 aromatic heterocycles. The summed E-state index contributed by atoms with van der Waals surface area (Å²) in [4.78, 5) is 15.5. The Morgan fingerprint density at radius 1 is 1.21 bits per heavy atom. The highest BCUT2D eigenvalue weighted by atomic mass is 32.2. The van der Waals surface area contributed by atoms with Crippen molar-refractivity contribution < 1.29 is 13.2 Å². The van der Waals surface area contributed by atoms with Crippen LogP contribution in [0.15, 0.2) is 58.3 Å². The zero-order valence-corrected chi connectivity index (χ0v) is 14.4. The van der Waals surface area contributed by atoms with Crippen molar-refractivity contribution in [2.24, 2.45) is 5.14 Å². The SMILES string of the molecule is NS(=O)(=O)c1cccc(NC(=O)CN2CCSc3ccccc32)c1. The fourth-order valence-electron chi connectivity index (χ4n) is 2.52. The lowest BCUT2D eigenvalue weighted by Crippen LogP contribution is -2.36. The standard InChI is InChI=1S/C16H17N3O3S2/c17-24(21,22)13-5-3-4-12(10-13)18-16(20)11-19-8-9-23-15-7-2-1-6-14(15)19/h1-7,10H,8-9,11H2,(H,18,20)(H2,17,21,22). The quantitative estimate of drug-likeness (QED) is 0.865. The van der Waals surface area contributed by atoms with Gasteiger partial charge in [-0.05, 0) is 30.3 Å². The van der Waals surface area contributed by atoms with Gasteiger partial charge in [-0.3, -0.25) is 4.79 Å². The first-order valence-corrected chi connectivity index (χ1v) is 9.86. The molecule has 0 spiro atoms. The van der Waals surface area contributed by atoms with Gasteiger partial charge in [0.05, 0.1) is 17.1 Å². The molecule has 2 aromatic carbocycles. The summed E-state index contributed by atoms with van der Waals surface area (Å²) in [6.07, 6.45) is 0. The molecule has 0 saturated heterocycles.